The third kappa shape index (κ3) is 4.13. The number of carbonyl (C=O) groups is 2. The van der Waals surface area contributed by atoms with E-state index in [1.54, 1.807) is 18.2 Å². The maximum Gasteiger partial charge on any atom is 0.336 e. The van der Waals surface area contributed by atoms with Crippen molar-refractivity contribution >= 4 is 34.2 Å². The number of ketones is 1. The van der Waals surface area contributed by atoms with Crippen LogP contribution in [0.2, 0.25) is 5.02 Å². The zero-order chi connectivity index (χ0) is 22.8. The lowest BCUT2D eigenvalue weighted by atomic mass is 10.1. The highest BCUT2D eigenvalue weighted by Gasteiger charge is 2.17. The third-order valence-electron chi connectivity index (χ3n) is 4.98. The van der Waals surface area contributed by atoms with Crippen molar-refractivity contribution in [2.24, 2.45) is 0 Å². The molecule has 0 atom stereocenters. The van der Waals surface area contributed by atoms with Crippen LogP contribution < -0.4 is 16.6 Å². The first-order valence-corrected chi connectivity index (χ1v) is 10.1. The molecule has 0 unspecified atom stereocenters. The van der Waals surface area contributed by atoms with Crippen LogP contribution >= 0.6 is 11.6 Å². The second-order valence-corrected chi connectivity index (χ2v) is 7.57. The molecule has 0 fully saturated rings. The maximum atomic E-state index is 13.3. The number of hydrogen-bond acceptors (Lipinski definition) is 5. The molecule has 0 bridgehead atoms. The van der Waals surface area contributed by atoms with Crippen molar-refractivity contribution in [3.8, 4) is 5.69 Å². The molecule has 0 radical (unpaired) electrons. The number of nitrogens with zero attached hydrogens (tertiary/aromatic N) is 2. The van der Waals surface area contributed by atoms with Crippen LogP contribution in [0.15, 0.2) is 74.9 Å². The number of rotatable bonds is 6. The molecule has 0 aliphatic heterocycles. The fourth-order valence-electron chi connectivity index (χ4n) is 3.36. The van der Waals surface area contributed by atoms with Gasteiger partial charge in [0.05, 0.1) is 29.4 Å². The van der Waals surface area contributed by atoms with Crippen molar-refractivity contribution in [2.45, 2.75) is 20.0 Å². The van der Waals surface area contributed by atoms with Gasteiger partial charge in [-0.1, -0.05) is 11.6 Å². The minimum Gasteiger partial charge on any atom is -0.467 e. The van der Waals surface area contributed by atoms with Gasteiger partial charge in [0, 0.05) is 10.6 Å². The molecule has 32 heavy (non-hydrogen) atoms. The highest BCUT2D eigenvalue weighted by molar-refractivity contribution is 6.31. The fourth-order valence-corrected chi connectivity index (χ4v) is 3.53. The van der Waals surface area contributed by atoms with Crippen LogP contribution in [-0.4, -0.2) is 20.8 Å². The topological polar surface area (TPSA) is 103 Å². The van der Waals surface area contributed by atoms with Crippen LogP contribution in [0.25, 0.3) is 16.6 Å². The molecule has 2 heterocycles. The Morgan fingerprint density at radius 2 is 1.81 bits per heavy atom. The Kier molecular flexibility index (Phi) is 5.79. The summed E-state index contributed by atoms with van der Waals surface area (Å²) in [5.41, 5.74) is -0.270. The first kappa shape index (κ1) is 21.3. The molecule has 4 aromatic rings. The highest BCUT2D eigenvalue weighted by atomic mass is 35.5. The van der Waals surface area contributed by atoms with Crippen LogP contribution in [-0.2, 0) is 17.9 Å². The van der Waals surface area contributed by atoms with Gasteiger partial charge in [-0.2, -0.15) is 0 Å². The molecule has 0 spiro atoms. The van der Waals surface area contributed by atoms with Gasteiger partial charge in [-0.25, -0.2) is 9.36 Å². The first-order valence-electron chi connectivity index (χ1n) is 9.70. The molecule has 1 amide bonds. The molecule has 2 aromatic carbocycles. The molecule has 2 aromatic heterocycles. The van der Waals surface area contributed by atoms with E-state index in [9.17, 15) is 19.2 Å². The van der Waals surface area contributed by atoms with Crippen LogP contribution in [0.5, 0.6) is 0 Å². The molecule has 0 aliphatic carbocycles. The fraction of sp³-hybridized carbons (Fsp3) is 0.130. The van der Waals surface area contributed by atoms with Crippen LogP contribution in [0, 0.1) is 0 Å². The second kappa shape index (κ2) is 8.68. The quantitative estimate of drug-likeness (QED) is 0.454. The molecule has 8 nitrogen and oxygen atoms in total. The van der Waals surface area contributed by atoms with E-state index in [0.717, 1.165) is 4.57 Å². The standard InChI is InChI=1S/C23H18ClN3O5/c1-14(28)15-4-7-17(8-5-15)27-22(30)19-9-6-16(24)11-20(19)26(23(27)31)13-21(29)25-12-18-3-2-10-32-18/h2-11H,12-13H2,1H3,(H,25,29). The van der Waals surface area contributed by atoms with Gasteiger partial charge in [0.15, 0.2) is 5.78 Å². The lowest BCUT2D eigenvalue weighted by Crippen LogP contribution is -2.41. The van der Waals surface area contributed by atoms with Gasteiger partial charge in [0.25, 0.3) is 5.56 Å². The number of hydrogen-bond donors (Lipinski definition) is 1. The van der Waals surface area contributed by atoms with Gasteiger partial charge in [0.1, 0.15) is 12.3 Å². The van der Waals surface area contributed by atoms with Crippen molar-refractivity contribution < 1.29 is 14.0 Å². The van der Waals surface area contributed by atoms with Crippen LogP contribution in [0.3, 0.4) is 0 Å². The molecular formula is C23H18ClN3O5. The molecule has 0 saturated heterocycles. The van der Waals surface area contributed by atoms with Crippen LogP contribution in [0.1, 0.15) is 23.0 Å². The number of carbonyl (C=O) groups excluding carboxylic acids is 2. The Labute approximate surface area is 186 Å². The van der Waals surface area contributed by atoms with Gasteiger partial charge >= 0.3 is 5.69 Å². The number of amides is 1. The lowest BCUT2D eigenvalue weighted by molar-refractivity contribution is -0.121. The van der Waals surface area contributed by atoms with E-state index in [4.69, 9.17) is 16.0 Å². The predicted molar refractivity (Wildman–Crippen MR) is 119 cm³/mol. The van der Waals surface area contributed by atoms with Gasteiger partial charge in [0.2, 0.25) is 5.91 Å². The largest absolute Gasteiger partial charge is 0.467 e. The van der Waals surface area contributed by atoms with Gasteiger partial charge in [-0.05, 0) is 61.5 Å². The maximum absolute atomic E-state index is 13.3. The van der Waals surface area contributed by atoms with Crippen molar-refractivity contribution in [3.05, 3.63) is 98.0 Å². The van der Waals surface area contributed by atoms with E-state index in [1.807, 2.05) is 0 Å². The molecule has 4 rings (SSSR count). The summed E-state index contributed by atoms with van der Waals surface area (Å²) in [4.78, 5) is 50.6. The average molecular weight is 452 g/mol. The van der Waals surface area contributed by atoms with E-state index in [2.05, 4.69) is 5.32 Å². The second-order valence-electron chi connectivity index (χ2n) is 7.13. The van der Waals surface area contributed by atoms with E-state index >= 15 is 0 Å². The minimum absolute atomic E-state index is 0.136. The van der Waals surface area contributed by atoms with Crippen molar-refractivity contribution in [3.63, 3.8) is 0 Å². The Hall–Kier alpha value is -3.91. The summed E-state index contributed by atoms with van der Waals surface area (Å²) in [7, 11) is 0. The van der Waals surface area contributed by atoms with E-state index in [0.29, 0.717) is 16.3 Å². The number of aromatic nitrogens is 2. The summed E-state index contributed by atoms with van der Waals surface area (Å²) >= 11 is 6.10. The molecule has 162 valence electrons. The minimum atomic E-state index is -0.700. The average Bonchev–Trinajstić information content (AvgIpc) is 3.29. The molecule has 1 N–H and O–H groups in total. The number of nitrogens with one attached hydrogen (secondary N) is 1. The zero-order valence-electron chi connectivity index (χ0n) is 17.0. The third-order valence-corrected chi connectivity index (χ3v) is 5.22. The Morgan fingerprint density at radius 1 is 1.06 bits per heavy atom. The number of halogens is 1. The predicted octanol–water partition coefficient (Wildman–Crippen LogP) is 2.92. The Morgan fingerprint density at radius 3 is 2.47 bits per heavy atom. The van der Waals surface area contributed by atoms with Gasteiger partial charge in [-0.3, -0.25) is 19.0 Å². The number of fused-ring (bicyclic) bond motifs is 1. The van der Waals surface area contributed by atoms with E-state index in [-0.39, 0.29) is 35.5 Å². The molecule has 0 aliphatic rings. The monoisotopic (exact) mass is 451 g/mol. The summed E-state index contributed by atoms with van der Waals surface area (Å²) in [6.45, 7) is 1.25. The van der Waals surface area contributed by atoms with Crippen molar-refractivity contribution in [1.82, 2.24) is 14.5 Å². The number of Topliss-reactive ketones (excluding diaryl/α,β-unsaturated/α-hetero) is 1. The van der Waals surface area contributed by atoms with Crippen molar-refractivity contribution in [1.29, 1.82) is 0 Å². The Balaban J connectivity index is 1.81. The Bertz CT molecular complexity index is 1430. The summed E-state index contributed by atoms with van der Waals surface area (Å²) in [6.07, 6.45) is 1.49. The normalized spacial score (nSPS) is 10.9. The number of benzene rings is 2. The zero-order valence-corrected chi connectivity index (χ0v) is 17.8. The summed E-state index contributed by atoms with van der Waals surface area (Å²) in [6, 6.07) is 14.1. The summed E-state index contributed by atoms with van der Waals surface area (Å²) in [5.74, 6) is -0.0151. The van der Waals surface area contributed by atoms with Crippen LogP contribution in [0.4, 0.5) is 0 Å². The van der Waals surface area contributed by atoms with Gasteiger partial charge < -0.3 is 9.73 Å². The molecule has 9 heteroatoms. The van der Waals surface area contributed by atoms with Crippen molar-refractivity contribution in [2.75, 3.05) is 0 Å². The van der Waals surface area contributed by atoms with E-state index < -0.39 is 17.2 Å². The van der Waals surface area contributed by atoms with Gasteiger partial charge in [-0.15, -0.1) is 0 Å². The number of furan rings is 1. The summed E-state index contributed by atoms with van der Waals surface area (Å²) in [5, 5.41) is 3.23. The summed E-state index contributed by atoms with van der Waals surface area (Å²) < 4.78 is 7.36. The SMILES string of the molecule is CC(=O)c1ccc(-n2c(=O)c3ccc(Cl)cc3n(CC(=O)NCc3ccco3)c2=O)cc1. The lowest BCUT2D eigenvalue weighted by Gasteiger charge is -2.14. The highest BCUT2D eigenvalue weighted by Crippen LogP contribution is 2.17. The smallest absolute Gasteiger partial charge is 0.336 e. The molecule has 0 saturated carbocycles. The van der Waals surface area contributed by atoms with E-state index in [1.165, 1.54) is 54.2 Å². The molecular weight excluding hydrogens is 434 g/mol. The first-order chi connectivity index (χ1) is 15.3.